The van der Waals surface area contributed by atoms with Gasteiger partial charge in [-0.05, 0) is 37.6 Å². The van der Waals surface area contributed by atoms with Crippen LogP contribution >= 0.6 is 0 Å². The van der Waals surface area contributed by atoms with Gasteiger partial charge in [-0.25, -0.2) is 0 Å². The Morgan fingerprint density at radius 1 is 1.42 bits per heavy atom. The Morgan fingerprint density at radius 3 is 2.47 bits per heavy atom. The zero-order valence-electron chi connectivity index (χ0n) is 10.9. The zero-order valence-corrected chi connectivity index (χ0v) is 10.9. The summed E-state index contributed by atoms with van der Waals surface area (Å²) in [5, 5.41) is 13.1. The molecule has 6 nitrogen and oxygen atoms in total. The number of nitrogens with two attached hydrogens (primary N) is 1. The Kier molecular flexibility index (Phi) is 4.77. The van der Waals surface area contributed by atoms with Gasteiger partial charge in [0.25, 0.3) is 5.69 Å². The highest BCUT2D eigenvalue weighted by Gasteiger charge is 2.10. The predicted octanol–water partition coefficient (Wildman–Crippen LogP) is 1.46. The van der Waals surface area contributed by atoms with Crippen LogP contribution in [0.4, 0.5) is 5.69 Å². The number of nitrogens with one attached hydrogen (secondary N) is 1. The lowest BCUT2D eigenvalue weighted by atomic mass is 10.1. The van der Waals surface area contributed by atoms with E-state index in [2.05, 4.69) is 5.32 Å². The topological polar surface area (TPSA) is 98.3 Å². The lowest BCUT2D eigenvalue weighted by Crippen LogP contribution is -2.44. The summed E-state index contributed by atoms with van der Waals surface area (Å²) in [4.78, 5) is 21.5. The SMILES string of the molecule is CC(C)(N)CNC(=O)/C=C/c1ccc([N+](=O)[O-])cc1. The minimum Gasteiger partial charge on any atom is -0.351 e. The second kappa shape index (κ2) is 6.10. The van der Waals surface area contributed by atoms with E-state index in [9.17, 15) is 14.9 Å². The molecule has 6 heteroatoms. The first-order chi connectivity index (χ1) is 8.78. The van der Waals surface area contributed by atoms with Crippen molar-refractivity contribution in [3.05, 3.63) is 46.0 Å². The van der Waals surface area contributed by atoms with E-state index in [0.29, 0.717) is 12.1 Å². The highest BCUT2D eigenvalue weighted by atomic mass is 16.6. The van der Waals surface area contributed by atoms with Gasteiger partial charge in [0.05, 0.1) is 4.92 Å². The molecule has 0 saturated heterocycles. The molecule has 0 heterocycles. The van der Waals surface area contributed by atoms with Gasteiger partial charge in [0, 0.05) is 30.3 Å². The second-order valence-electron chi connectivity index (χ2n) is 4.89. The fraction of sp³-hybridized carbons (Fsp3) is 0.308. The van der Waals surface area contributed by atoms with Crippen molar-refractivity contribution in [3.8, 4) is 0 Å². The summed E-state index contributed by atoms with van der Waals surface area (Å²) in [6, 6.07) is 5.94. The van der Waals surface area contributed by atoms with E-state index < -0.39 is 10.5 Å². The third-order valence-electron chi connectivity index (χ3n) is 2.25. The van der Waals surface area contributed by atoms with E-state index in [4.69, 9.17) is 5.73 Å². The molecule has 19 heavy (non-hydrogen) atoms. The van der Waals surface area contributed by atoms with Crippen LogP contribution in [0.5, 0.6) is 0 Å². The van der Waals surface area contributed by atoms with Crippen molar-refractivity contribution in [2.24, 2.45) is 5.73 Å². The van der Waals surface area contributed by atoms with E-state index >= 15 is 0 Å². The summed E-state index contributed by atoms with van der Waals surface area (Å²) in [7, 11) is 0. The summed E-state index contributed by atoms with van der Waals surface area (Å²) < 4.78 is 0. The van der Waals surface area contributed by atoms with Crippen molar-refractivity contribution >= 4 is 17.7 Å². The number of rotatable bonds is 5. The number of hydrogen-bond acceptors (Lipinski definition) is 4. The van der Waals surface area contributed by atoms with Crippen molar-refractivity contribution in [1.82, 2.24) is 5.32 Å². The van der Waals surface area contributed by atoms with Gasteiger partial charge in [-0.2, -0.15) is 0 Å². The number of amides is 1. The van der Waals surface area contributed by atoms with Crippen LogP contribution < -0.4 is 11.1 Å². The number of carbonyl (C=O) groups excluding carboxylic acids is 1. The molecule has 1 rings (SSSR count). The smallest absolute Gasteiger partial charge is 0.269 e. The Bertz CT molecular complexity index is 487. The third-order valence-corrected chi connectivity index (χ3v) is 2.25. The minimum absolute atomic E-state index is 0.0199. The maximum absolute atomic E-state index is 11.5. The van der Waals surface area contributed by atoms with Crippen LogP contribution in [0.3, 0.4) is 0 Å². The standard InChI is InChI=1S/C13H17N3O3/c1-13(2,14)9-15-12(17)8-5-10-3-6-11(7-4-10)16(18)19/h3-8H,9,14H2,1-2H3,(H,15,17)/b8-5+. The Hall–Kier alpha value is -2.21. The molecule has 0 fully saturated rings. The van der Waals surface area contributed by atoms with Crippen LogP contribution in [-0.4, -0.2) is 22.9 Å². The zero-order chi connectivity index (χ0) is 14.5. The lowest BCUT2D eigenvalue weighted by Gasteiger charge is -2.17. The van der Waals surface area contributed by atoms with Gasteiger partial charge in [-0.15, -0.1) is 0 Å². The number of carbonyl (C=O) groups is 1. The van der Waals surface area contributed by atoms with E-state index in [0.717, 1.165) is 0 Å². The first-order valence-electron chi connectivity index (χ1n) is 5.77. The summed E-state index contributed by atoms with van der Waals surface area (Å²) in [6.07, 6.45) is 2.95. The van der Waals surface area contributed by atoms with Crippen molar-refractivity contribution in [2.75, 3.05) is 6.54 Å². The number of nitro groups is 1. The van der Waals surface area contributed by atoms with Crippen LogP contribution in [0.25, 0.3) is 6.08 Å². The van der Waals surface area contributed by atoms with E-state index in [1.165, 1.54) is 18.2 Å². The number of non-ortho nitro benzene ring substituents is 1. The predicted molar refractivity (Wildman–Crippen MR) is 73.4 cm³/mol. The van der Waals surface area contributed by atoms with Crippen molar-refractivity contribution in [3.63, 3.8) is 0 Å². The number of hydrogen-bond donors (Lipinski definition) is 2. The maximum Gasteiger partial charge on any atom is 0.269 e. The largest absolute Gasteiger partial charge is 0.351 e. The van der Waals surface area contributed by atoms with Gasteiger partial charge < -0.3 is 11.1 Å². The van der Waals surface area contributed by atoms with Crippen LogP contribution in [0.1, 0.15) is 19.4 Å². The van der Waals surface area contributed by atoms with E-state index in [-0.39, 0.29) is 11.6 Å². The fourth-order valence-electron chi connectivity index (χ4n) is 1.25. The summed E-state index contributed by atoms with van der Waals surface area (Å²) in [6.45, 7) is 4.00. The quantitative estimate of drug-likeness (QED) is 0.477. The molecule has 1 aromatic carbocycles. The number of nitrogens with zero attached hydrogens (tertiary/aromatic N) is 1. The Morgan fingerprint density at radius 2 is 2.00 bits per heavy atom. The van der Waals surface area contributed by atoms with Crippen molar-refractivity contribution in [1.29, 1.82) is 0 Å². The normalized spacial score (nSPS) is 11.5. The number of benzene rings is 1. The molecular formula is C13H17N3O3. The average Bonchev–Trinajstić information content (AvgIpc) is 2.33. The first-order valence-corrected chi connectivity index (χ1v) is 5.77. The molecule has 0 aliphatic rings. The molecule has 1 aromatic rings. The van der Waals surface area contributed by atoms with Crippen LogP contribution in [0.15, 0.2) is 30.3 Å². The third kappa shape index (κ3) is 5.78. The highest BCUT2D eigenvalue weighted by Crippen LogP contribution is 2.12. The van der Waals surface area contributed by atoms with Crippen molar-refractivity contribution in [2.45, 2.75) is 19.4 Å². The van der Waals surface area contributed by atoms with Crippen LogP contribution in [0.2, 0.25) is 0 Å². The van der Waals surface area contributed by atoms with Gasteiger partial charge in [-0.1, -0.05) is 0 Å². The van der Waals surface area contributed by atoms with Crippen LogP contribution in [-0.2, 0) is 4.79 Å². The molecule has 0 atom stereocenters. The van der Waals surface area contributed by atoms with Crippen LogP contribution in [0, 0.1) is 10.1 Å². The summed E-state index contributed by atoms with van der Waals surface area (Å²) >= 11 is 0. The molecule has 0 unspecified atom stereocenters. The number of nitro benzene ring substituents is 1. The summed E-state index contributed by atoms with van der Waals surface area (Å²) in [5.74, 6) is -0.253. The summed E-state index contributed by atoms with van der Waals surface area (Å²) in [5.41, 5.74) is 6.01. The van der Waals surface area contributed by atoms with Gasteiger partial charge >= 0.3 is 0 Å². The molecule has 0 aromatic heterocycles. The molecule has 102 valence electrons. The van der Waals surface area contributed by atoms with E-state index in [1.54, 1.807) is 18.2 Å². The molecule has 0 bridgehead atoms. The van der Waals surface area contributed by atoms with Gasteiger partial charge in [-0.3, -0.25) is 14.9 Å². The fourth-order valence-corrected chi connectivity index (χ4v) is 1.25. The molecule has 0 radical (unpaired) electrons. The van der Waals surface area contributed by atoms with Gasteiger partial charge in [0.2, 0.25) is 5.91 Å². The van der Waals surface area contributed by atoms with E-state index in [1.807, 2.05) is 13.8 Å². The average molecular weight is 263 g/mol. The Balaban J connectivity index is 2.56. The lowest BCUT2D eigenvalue weighted by molar-refractivity contribution is -0.384. The molecule has 0 aliphatic heterocycles. The molecule has 0 saturated carbocycles. The molecular weight excluding hydrogens is 246 g/mol. The molecule has 3 N–H and O–H groups in total. The second-order valence-corrected chi connectivity index (χ2v) is 4.89. The van der Waals surface area contributed by atoms with Gasteiger partial charge in [0.15, 0.2) is 0 Å². The molecule has 0 spiro atoms. The maximum atomic E-state index is 11.5. The Labute approximate surface area is 111 Å². The molecule has 1 amide bonds. The van der Waals surface area contributed by atoms with Gasteiger partial charge in [0.1, 0.15) is 0 Å². The minimum atomic E-state index is -0.469. The van der Waals surface area contributed by atoms with Crippen molar-refractivity contribution < 1.29 is 9.72 Å². The molecule has 0 aliphatic carbocycles. The highest BCUT2D eigenvalue weighted by molar-refractivity contribution is 5.91. The monoisotopic (exact) mass is 263 g/mol. The first kappa shape index (κ1) is 14.8.